The number of rotatable bonds is 5. The molecular weight excluding hydrogens is 174 g/mol. The van der Waals surface area contributed by atoms with Crippen LogP contribution in [0, 0.1) is 5.41 Å². The molecule has 0 aliphatic carbocycles. The summed E-state index contributed by atoms with van der Waals surface area (Å²) >= 11 is 0. The highest BCUT2D eigenvalue weighted by Gasteiger charge is 2.25. The van der Waals surface area contributed by atoms with Gasteiger partial charge in [0.1, 0.15) is 0 Å². The average molecular weight is 201 g/mol. The molecule has 0 rings (SSSR count). The molecule has 0 bridgehead atoms. The summed E-state index contributed by atoms with van der Waals surface area (Å²) in [5, 5.41) is 3.63. The van der Waals surface area contributed by atoms with Crippen LogP contribution in [0.2, 0.25) is 0 Å². The lowest BCUT2D eigenvalue weighted by atomic mass is 9.84. The van der Waals surface area contributed by atoms with Crippen molar-refractivity contribution >= 4 is 0 Å². The van der Waals surface area contributed by atoms with E-state index in [2.05, 4.69) is 46.9 Å². The minimum Gasteiger partial charge on any atom is -0.380 e. The maximum Gasteiger partial charge on any atom is 0.0693 e. The van der Waals surface area contributed by atoms with Gasteiger partial charge in [0.05, 0.1) is 6.10 Å². The quantitative estimate of drug-likeness (QED) is 0.738. The summed E-state index contributed by atoms with van der Waals surface area (Å²) in [5.41, 5.74) is 0.316. The topological polar surface area (TPSA) is 21.3 Å². The lowest BCUT2D eigenvalue weighted by Crippen LogP contribution is -2.48. The van der Waals surface area contributed by atoms with Crippen LogP contribution in [0.25, 0.3) is 0 Å². The molecular formula is C12H27NO. The number of hydrogen-bond donors (Lipinski definition) is 1. The van der Waals surface area contributed by atoms with Gasteiger partial charge < -0.3 is 10.1 Å². The van der Waals surface area contributed by atoms with Crippen molar-refractivity contribution in [2.45, 2.75) is 66.2 Å². The summed E-state index contributed by atoms with van der Waals surface area (Å²) in [6.45, 7) is 13.3. The third-order valence-corrected chi connectivity index (χ3v) is 2.99. The maximum atomic E-state index is 5.31. The fraction of sp³-hybridized carbons (Fsp3) is 1.00. The van der Waals surface area contributed by atoms with E-state index in [0.717, 1.165) is 6.42 Å². The van der Waals surface area contributed by atoms with E-state index in [1.165, 1.54) is 0 Å². The molecule has 0 aliphatic heterocycles. The summed E-state index contributed by atoms with van der Waals surface area (Å²) in [6.07, 6.45) is 1.43. The SMILES string of the molecule is CCC(NC(C)C(C)OC)C(C)(C)C. The Bertz CT molecular complexity index is 151. The van der Waals surface area contributed by atoms with Gasteiger partial charge in [0, 0.05) is 19.2 Å². The molecule has 3 unspecified atom stereocenters. The molecule has 0 saturated carbocycles. The summed E-state index contributed by atoms with van der Waals surface area (Å²) in [5.74, 6) is 0. The minimum absolute atomic E-state index is 0.270. The Labute approximate surface area is 89.4 Å². The predicted octanol–water partition coefficient (Wildman–Crippen LogP) is 2.82. The standard InChI is InChI=1S/C12H27NO/c1-8-11(12(4,5)6)13-9(2)10(3)14-7/h9-11,13H,8H2,1-7H3. The van der Waals surface area contributed by atoms with Crippen LogP contribution < -0.4 is 5.32 Å². The van der Waals surface area contributed by atoms with E-state index in [0.29, 0.717) is 17.5 Å². The highest BCUT2D eigenvalue weighted by atomic mass is 16.5. The van der Waals surface area contributed by atoms with Gasteiger partial charge in [-0.1, -0.05) is 27.7 Å². The average Bonchev–Trinajstić information content (AvgIpc) is 2.10. The van der Waals surface area contributed by atoms with Gasteiger partial charge in [-0.15, -0.1) is 0 Å². The van der Waals surface area contributed by atoms with E-state index in [9.17, 15) is 0 Å². The lowest BCUT2D eigenvalue weighted by Gasteiger charge is -2.34. The van der Waals surface area contributed by atoms with Gasteiger partial charge in [0.15, 0.2) is 0 Å². The van der Waals surface area contributed by atoms with Gasteiger partial charge in [-0.05, 0) is 25.7 Å². The van der Waals surface area contributed by atoms with E-state index in [-0.39, 0.29) is 6.10 Å². The minimum atomic E-state index is 0.270. The summed E-state index contributed by atoms with van der Waals surface area (Å²) in [7, 11) is 1.76. The number of ether oxygens (including phenoxy) is 1. The maximum absolute atomic E-state index is 5.31. The predicted molar refractivity (Wildman–Crippen MR) is 62.6 cm³/mol. The fourth-order valence-electron chi connectivity index (χ4n) is 1.64. The normalized spacial score (nSPS) is 19.1. The Kier molecular flexibility index (Phi) is 5.68. The molecule has 0 heterocycles. The smallest absolute Gasteiger partial charge is 0.0693 e. The van der Waals surface area contributed by atoms with Crippen LogP contribution >= 0.6 is 0 Å². The first-order chi connectivity index (χ1) is 6.32. The Morgan fingerprint density at radius 1 is 1.21 bits per heavy atom. The first-order valence-corrected chi connectivity index (χ1v) is 5.61. The van der Waals surface area contributed by atoms with Gasteiger partial charge in [0.2, 0.25) is 0 Å². The van der Waals surface area contributed by atoms with Crippen molar-refractivity contribution in [2.24, 2.45) is 5.41 Å². The van der Waals surface area contributed by atoms with E-state index >= 15 is 0 Å². The van der Waals surface area contributed by atoms with Crippen molar-refractivity contribution in [3.63, 3.8) is 0 Å². The van der Waals surface area contributed by atoms with Crippen LogP contribution in [0.5, 0.6) is 0 Å². The van der Waals surface area contributed by atoms with Gasteiger partial charge in [-0.25, -0.2) is 0 Å². The zero-order valence-electron chi connectivity index (χ0n) is 10.8. The van der Waals surface area contributed by atoms with Crippen molar-refractivity contribution in [3.8, 4) is 0 Å². The molecule has 0 spiro atoms. The number of hydrogen-bond acceptors (Lipinski definition) is 2. The number of methoxy groups -OCH3 is 1. The highest BCUT2D eigenvalue weighted by Crippen LogP contribution is 2.22. The van der Waals surface area contributed by atoms with Gasteiger partial charge in [-0.2, -0.15) is 0 Å². The van der Waals surface area contributed by atoms with Crippen LogP contribution in [-0.4, -0.2) is 25.3 Å². The molecule has 0 aromatic carbocycles. The molecule has 0 aromatic rings. The van der Waals surface area contributed by atoms with Crippen LogP contribution in [0.3, 0.4) is 0 Å². The molecule has 3 atom stereocenters. The van der Waals surface area contributed by atoms with Crippen LogP contribution in [-0.2, 0) is 4.74 Å². The molecule has 0 aromatic heterocycles. The van der Waals surface area contributed by atoms with Crippen LogP contribution in [0.1, 0.15) is 48.0 Å². The largest absolute Gasteiger partial charge is 0.380 e. The second-order valence-electron chi connectivity index (χ2n) is 5.22. The molecule has 2 nitrogen and oxygen atoms in total. The molecule has 0 aliphatic rings. The molecule has 14 heavy (non-hydrogen) atoms. The van der Waals surface area contributed by atoms with Crippen LogP contribution in [0.15, 0.2) is 0 Å². The highest BCUT2D eigenvalue weighted by molar-refractivity contribution is 4.83. The van der Waals surface area contributed by atoms with Gasteiger partial charge >= 0.3 is 0 Å². The van der Waals surface area contributed by atoms with Crippen LogP contribution in [0.4, 0.5) is 0 Å². The van der Waals surface area contributed by atoms with Crippen molar-refractivity contribution < 1.29 is 4.74 Å². The molecule has 0 fully saturated rings. The van der Waals surface area contributed by atoms with E-state index in [4.69, 9.17) is 4.74 Å². The zero-order valence-corrected chi connectivity index (χ0v) is 10.8. The molecule has 1 N–H and O–H groups in total. The molecule has 0 amide bonds. The molecule has 0 radical (unpaired) electrons. The first kappa shape index (κ1) is 13.9. The zero-order chi connectivity index (χ0) is 11.4. The Balaban J connectivity index is 4.19. The summed E-state index contributed by atoms with van der Waals surface area (Å²) in [6, 6.07) is 0.958. The Morgan fingerprint density at radius 2 is 1.71 bits per heavy atom. The second kappa shape index (κ2) is 5.72. The number of nitrogens with one attached hydrogen (secondary N) is 1. The third-order valence-electron chi connectivity index (χ3n) is 2.99. The molecule has 0 saturated heterocycles. The van der Waals surface area contributed by atoms with Crippen molar-refractivity contribution in [1.82, 2.24) is 5.32 Å². The van der Waals surface area contributed by atoms with Crippen molar-refractivity contribution in [1.29, 1.82) is 0 Å². The second-order valence-corrected chi connectivity index (χ2v) is 5.22. The van der Waals surface area contributed by atoms with E-state index in [1.54, 1.807) is 7.11 Å². The van der Waals surface area contributed by atoms with E-state index < -0.39 is 0 Å². The third kappa shape index (κ3) is 4.43. The molecule has 86 valence electrons. The summed E-state index contributed by atoms with van der Waals surface area (Å²) in [4.78, 5) is 0. The van der Waals surface area contributed by atoms with Gasteiger partial charge in [0.25, 0.3) is 0 Å². The van der Waals surface area contributed by atoms with Crippen molar-refractivity contribution in [2.75, 3.05) is 7.11 Å². The Morgan fingerprint density at radius 3 is 2.00 bits per heavy atom. The van der Waals surface area contributed by atoms with E-state index in [1.807, 2.05) is 0 Å². The first-order valence-electron chi connectivity index (χ1n) is 5.61. The van der Waals surface area contributed by atoms with Gasteiger partial charge in [-0.3, -0.25) is 0 Å². The van der Waals surface area contributed by atoms with Crippen molar-refractivity contribution in [3.05, 3.63) is 0 Å². The molecule has 2 heteroatoms. The Hall–Kier alpha value is -0.0800. The lowest BCUT2D eigenvalue weighted by molar-refractivity contribution is 0.0755. The fourth-order valence-corrected chi connectivity index (χ4v) is 1.64. The summed E-state index contributed by atoms with van der Waals surface area (Å²) < 4.78 is 5.31. The monoisotopic (exact) mass is 201 g/mol.